The molecule has 3 N–H and O–H groups in total. The van der Waals surface area contributed by atoms with Crippen molar-refractivity contribution in [2.75, 3.05) is 11.1 Å². The largest absolute Gasteiger partial charge is 0.383 e. The van der Waals surface area contributed by atoms with Gasteiger partial charge in [-0.25, -0.2) is 4.98 Å². The van der Waals surface area contributed by atoms with E-state index in [1.807, 2.05) is 31.2 Å². The van der Waals surface area contributed by atoms with E-state index in [-0.39, 0.29) is 11.8 Å². The van der Waals surface area contributed by atoms with Crippen LogP contribution in [-0.4, -0.2) is 16.8 Å². The van der Waals surface area contributed by atoms with Gasteiger partial charge >= 0.3 is 0 Å². The van der Waals surface area contributed by atoms with Crippen molar-refractivity contribution < 1.29 is 4.79 Å². The van der Waals surface area contributed by atoms with Crippen molar-refractivity contribution >= 4 is 17.3 Å². The van der Waals surface area contributed by atoms with Crippen LogP contribution in [0.3, 0.4) is 0 Å². The molecule has 19 heavy (non-hydrogen) atoms. The van der Waals surface area contributed by atoms with Crippen LogP contribution < -0.4 is 11.1 Å². The number of nitrogens with two attached hydrogens (primary N) is 1. The second-order valence-corrected chi connectivity index (χ2v) is 4.87. The van der Waals surface area contributed by atoms with Crippen LogP contribution in [0.1, 0.15) is 21.5 Å². The Morgan fingerprint density at radius 2 is 2.21 bits per heavy atom. The van der Waals surface area contributed by atoms with Crippen LogP contribution in [0, 0.1) is 6.92 Å². The molecule has 2 aromatic rings. The molecule has 1 aromatic heterocycles. The summed E-state index contributed by atoms with van der Waals surface area (Å²) >= 11 is 0. The maximum atomic E-state index is 12.5. The third-order valence-electron chi connectivity index (χ3n) is 3.41. The number of fused-ring (bicyclic) bond motifs is 1. The number of carbonyl (C=O) groups excluding carboxylic acids is 1. The molecule has 1 atom stereocenters. The molecule has 0 fully saturated rings. The molecule has 0 saturated carbocycles. The molecule has 0 aliphatic carbocycles. The minimum absolute atomic E-state index is 0.00454. The predicted molar refractivity (Wildman–Crippen MR) is 75.3 cm³/mol. The van der Waals surface area contributed by atoms with Crippen LogP contribution in [0.4, 0.5) is 11.5 Å². The average molecular weight is 253 g/mol. The summed E-state index contributed by atoms with van der Waals surface area (Å²) in [6.07, 6.45) is 2.37. The van der Waals surface area contributed by atoms with Gasteiger partial charge in [0.1, 0.15) is 5.82 Å². The van der Waals surface area contributed by atoms with Crippen molar-refractivity contribution in [2.24, 2.45) is 0 Å². The number of anilines is 2. The van der Waals surface area contributed by atoms with Gasteiger partial charge in [-0.2, -0.15) is 0 Å². The van der Waals surface area contributed by atoms with E-state index in [2.05, 4.69) is 10.3 Å². The van der Waals surface area contributed by atoms with E-state index in [0.717, 1.165) is 11.3 Å². The van der Waals surface area contributed by atoms with Gasteiger partial charge in [0.25, 0.3) is 0 Å². The van der Waals surface area contributed by atoms with E-state index >= 15 is 0 Å². The molecule has 96 valence electrons. The number of nitrogen functional groups attached to an aromatic ring is 1. The summed E-state index contributed by atoms with van der Waals surface area (Å²) in [6.45, 7) is 1.90. The van der Waals surface area contributed by atoms with Crippen molar-refractivity contribution in [3.63, 3.8) is 0 Å². The highest BCUT2D eigenvalue weighted by molar-refractivity contribution is 6.06. The molecular formula is C15H15N3O. The van der Waals surface area contributed by atoms with Crippen molar-refractivity contribution in [2.45, 2.75) is 19.4 Å². The molecule has 1 unspecified atom stereocenters. The van der Waals surface area contributed by atoms with E-state index in [4.69, 9.17) is 5.73 Å². The van der Waals surface area contributed by atoms with Gasteiger partial charge in [0.05, 0.1) is 11.6 Å². The number of carbonyl (C=O) groups is 1. The maximum Gasteiger partial charge on any atom is 0.189 e. The summed E-state index contributed by atoms with van der Waals surface area (Å²) in [6, 6.07) is 9.52. The average Bonchev–Trinajstić information content (AvgIpc) is 2.84. The number of aryl methyl sites for hydroxylation is 1. The Morgan fingerprint density at radius 1 is 1.42 bits per heavy atom. The Balaban J connectivity index is 1.89. The van der Waals surface area contributed by atoms with Crippen molar-refractivity contribution in [1.82, 2.24) is 4.98 Å². The lowest BCUT2D eigenvalue weighted by Gasteiger charge is -2.12. The quantitative estimate of drug-likeness (QED) is 0.805. The lowest BCUT2D eigenvalue weighted by molar-refractivity contribution is 0.0972. The van der Waals surface area contributed by atoms with E-state index < -0.39 is 0 Å². The van der Waals surface area contributed by atoms with E-state index in [0.29, 0.717) is 17.8 Å². The zero-order chi connectivity index (χ0) is 13.4. The SMILES string of the molecule is Cc1cnc(N)c(C(=O)C2Cc3ccccc3N2)c1. The molecule has 1 aliphatic rings. The van der Waals surface area contributed by atoms with Gasteiger partial charge < -0.3 is 11.1 Å². The summed E-state index contributed by atoms with van der Waals surface area (Å²) in [4.78, 5) is 16.6. The molecule has 0 bridgehead atoms. The van der Waals surface area contributed by atoms with Crippen molar-refractivity contribution in [1.29, 1.82) is 0 Å². The first-order valence-electron chi connectivity index (χ1n) is 6.26. The number of para-hydroxylation sites is 1. The third kappa shape index (κ3) is 2.05. The first-order valence-corrected chi connectivity index (χ1v) is 6.26. The molecular weight excluding hydrogens is 238 g/mol. The summed E-state index contributed by atoms with van der Waals surface area (Å²) in [7, 11) is 0. The number of hydrogen-bond acceptors (Lipinski definition) is 4. The molecule has 2 heterocycles. The van der Waals surface area contributed by atoms with Crippen molar-refractivity contribution in [3.8, 4) is 0 Å². The second kappa shape index (κ2) is 4.39. The predicted octanol–water partition coefficient (Wildman–Crippen LogP) is 2.19. The third-order valence-corrected chi connectivity index (χ3v) is 3.41. The highest BCUT2D eigenvalue weighted by Gasteiger charge is 2.28. The number of nitrogens with one attached hydrogen (secondary N) is 1. The smallest absolute Gasteiger partial charge is 0.189 e. The fourth-order valence-corrected chi connectivity index (χ4v) is 2.42. The Labute approximate surface area is 111 Å². The highest BCUT2D eigenvalue weighted by Crippen LogP contribution is 2.27. The Kier molecular flexibility index (Phi) is 2.71. The zero-order valence-electron chi connectivity index (χ0n) is 10.7. The number of aromatic nitrogens is 1. The number of Topliss-reactive ketones (excluding diaryl/α,β-unsaturated/α-hetero) is 1. The molecule has 1 aliphatic heterocycles. The van der Waals surface area contributed by atoms with Crippen LogP contribution in [0.15, 0.2) is 36.5 Å². The Bertz CT molecular complexity index is 627. The molecule has 1 aromatic carbocycles. The van der Waals surface area contributed by atoms with Crippen molar-refractivity contribution in [3.05, 3.63) is 53.2 Å². The highest BCUT2D eigenvalue weighted by atomic mass is 16.1. The van der Waals surface area contributed by atoms with Gasteiger partial charge in [-0.3, -0.25) is 4.79 Å². The molecule has 4 nitrogen and oxygen atoms in total. The van der Waals surface area contributed by atoms with Gasteiger partial charge in [-0.05, 0) is 30.2 Å². The van der Waals surface area contributed by atoms with E-state index in [1.165, 1.54) is 5.56 Å². The van der Waals surface area contributed by atoms with Crippen LogP contribution in [-0.2, 0) is 6.42 Å². The lowest BCUT2D eigenvalue weighted by Crippen LogP contribution is -2.28. The van der Waals surface area contributed by atoms with Gasteiger partial charge in [-0.15, -0.1) is 0 Å². The topological polar surface area (TPSA) is 68.0 Å². The lowest BCUT2D eigenvalue weighted by atomic mass is 10.0. The minimum Gasteiger partial charge on any atom is -0.383 e. The maximum absolute atomic E-state index is 12.5. The Hall–Kier alpha value is -2.36. The Morgan fingerprint density at radius 3 is 3.00 bits per heavy atom. The fraction of sp³-hybridized carbons (Fsp3) is 0.200. The number of nitrogens with zero attached hydrogens (tertiary/aromatic N) is 1. The summed E-state index contributed by atoms with van der Waals surface area (Å²) < 4.78 is 0. The normalized spacial score (nSPS) is 16.8. The summed E-state index contributed by atoms with van der Waals surface area (Å²) in [5, 5.41) is 3.25. The number of hydrogen-bond donors (Lipinski definition) is 2. The molecule has 0 spiro atoms. The molecule has 0 radical (unpaired) electrons. The number of ketones is 1. The number of rotatable bonds is 2. The van der Waals surface area contributed by atoms with Crippen LogP contribution in [0.25, 0.3) is 0 Å². The number of benzene rings is 1. The van der Waals surface area contributed by atoms with Crippen LogP contribution in [0.2, 0.25) is 0 Å². The summed E-state index contributed by atoms with van der Waals surface area (Å²) in [5.74, 6) is 0.304. The monoisotopic (exact) mass is 253 g/mol. The minimum atomic E-state index is -0.247. The standard InChI is InChI=1S/C15H15N3O/c1-9-6-11(15(16)17-8-9)14(19)13-7-10-4-2-3-5-12(10)18-13/h2-6,8,13,18H,7H2,1H3,(H2,16,17). The first-order chi connectivity index (χ1) is 9.15. The zero-order valence-corrected chi connectivity index (χ0v) is 10.7. The van der Waals surface area contributed by atoms with Gasteiger partial charge in [0, 0.05) is 18.3 Å². The number of pyridine rings is 1. The molecule has 4 heteroatoms. The first kappa shape index (κ1) is 11.7. The van der Waals surface area contributed by atoms with E-state index in [9.17, 15) is 4.79 Å². The summed E-state index contributed by atoms with van der Waals surface area (Å²) in [5.41, 5.74) is 9.44. The van der Waals surface area contributed by atoms with Crippen LogP contribution in [0.5, 0.6) is 0 Å². The molecule has 0 saturated heterocycles. The molecule has 3 rings (SSSR count). The second-order valence-electron chi connectivity index (χ2n) is 4.87. The molecule has 0 amide bonds. The van der Waals surface area contributed by atoms with Gasteiger partial charge in [0.2, 0.25) is 0 Å². The van der Waals surface area contributed by atoms with Gasteiger partial charge in [0.15, 0.2) is 5.78 Å². The van der Waals surface area contributed by atoms with Crippen LogP contribution >= 0.6 is 0 Å². The van der Waals surface area contributed by atoms with E-state index in [1.54, 1.807) is 12.3 Å². The fourth-order valence-electron chi connectivity index (χ4n) is 2.42. The van der Waals surface area contributed by atoms with Gasteiger partial charge in [-0.1, -0.05) is 18.2 Å².